The molecular formula is C15H19N3O2. The molecule has 2 N–H and O–H groups in total. The first-order chi connectivity index (χ1) is 9.66. The molecule has 0 aromatic heterocycles. The highest BCUT2D eigenvalue weighted by molar-refractivity contribution is 5.87. The van der Waals surface area contributed by atoms with E-state index in [4.69, 9.17) is 5.73 Å². The maximum Gasteiger partial charge on any atom is 0.315 e. The number of hydrogen-bond donors (Lipinski definition) is 1. The summed E-state index contributed by atoms with van der Waals surface area (Å²) in [5.74, 6) is 0.0378. The standard InChI is InChI=1S/C15H19N3O2/c16-15(20)18-8-3-6-13(18)14(19)17-9-7-11-4-1-2-5-12(11)10-17/h1-2,4-5,13H,3,6-10H2,(H2,16,20)/t13-/m0/s1. The van der Waals surface area contributed by atoms with Crippen molar-refractivity contribution >= 4 is 11.9 Å². The van der Waals surface area contributed by atoms with Gasteiger partial charge in [-0.3, -0.25) is 4.79 Å². The number of nitrogens with two attached hydrogens (primary N) is 1. The van der Waals surface area contributed by atoms with Gasteiger partial charge in [-0.2, -0.15) is 0 Å². The molecule has 3 rings (SSSR count). The van der Waals surface area contributed by atoms with Crippen molar-refractivity contribution in [3.05, 3.63) is 35.4 Å². The minimum atomic E-state index is -0.488. The van der Waals surface area contributed by atoms with Crippen LogP contribution in [0.1, 0.15) is 24.0 Å². The maximum atomic E-state index is 12.6. The molecule has 1 aromatic carbocycles. The number of likely N-dealkylation sites (tertiary alicyclic amines) is 1. The lowest BCUT2D eigenvalue weighted by molar-refractivity contribution is -0.136. The molecule has 5 heteroatoms. The van der Waals surface area contributed by atoms with Crippen molar-refractivity contribution in [2.75, 3.05) is 13.1 Å². The van der Waals surface area contributed by atoms with E-state index in [2.05, 4.69) is 12.1 Å². The Hall–Kier alpha value is -2.04. The number of carbonyl (C=O) groups excluding carboxylic acids is 2. The summed E-state index contributed by atoms with van der Waals surface area (Å²) in [5.41, 5.74) is 7.87. The molecule has 0 spiro atoms. The van der Waals surface area contributed by atoms with Gasteiger partial charge in [-0.15, -0.1) is 0 Å². The lowest BCUT2D eigenvalue weighted by Crippen LogP contribution is -2.50. The third kappa shape index (κ3) is 2.24. The molecule has 5 nitrogen and oxygen atoms in total. The number of fused-ring (bicyclic) bond motifs is 1. The predicted molar refractivity (Wildman–Crippen MR) is 74.9 cm³/mol. The van der Waals surface area contributed by atoms with Crippen molar-refractivity contribution in [2.45, 2.75) is 31.8 Å². The first kappa shape index (κ1) is 13.0. The highest BCUT2D eigenvalue weighted by Crippen LogP contribution is 2.23. The lowest BCUT2D eigenvalue weighted by atomic mass is 9.99. The van der Waals surface area contributed by atoms with E-state index in [1.807, 2.05) is 17.0 Å². The van der Waals surface area contributed by atoms with Crippen molar-refractivity contribution in [1.82, 2.24) is 9.80 Å². The average Bonchev–Trinajstić information content (AvgIpc) is 2.95. The second-order valence-corrected chi connectivity index (χ2v) is 5.47. The summed E-state index contributed by atoms with van der Waals surface area (Å²) < 4.78 is 0. The van der Waals surface area contributed by atoms with E-state index >= 15 is 0 Å². The van der Waals surface area contributed by atoms with Crippen LogP contribution in [-0.2, 0) is 17.8 Å². The molecule has 1 aromatic rings. The molecule has 0 radical (unpaired) electrons. The number of primary amides is 1. The zero-order valence-corrected chi connectivity index (χ0v) is 11.4. The Morgan fingerprint density at radius 1 is 1.15 bits per heavy atom. The number of amides is 3. The van der Waals surface area contributed by atoms with Gasteiger partial charge in [0.2, 0.25) is 5.91 Å². The van der Waals surface area contributed by atoms with Crippen LogP contribution in [0.25, 0.3) is 0 Å². The van der Waals surface area contributed by atoms with Gasteiger partial charge >= 0.3 is 6.03 Å². The van der Waals surface area contributed by atoms with Crippen LogP contribution in [0, 0.1) is 0 Å². The molecule has 2 aliphatic rings. The number of carbonyl (C=O) groups is 2. The molecule has 3 amide bonds. The summed E-state index contributed by atoms with van der Waals surface area (Å²) >= 11 is 0. The lowest BCUT2D eigenvalue weighted by Gasteiger charge is -2.33. The molecule has 106 valence electrons. The molecule has 2 heterocycles. The van der Waals surface area contributed by atoms with Crippen molar-refractivity contribution < 1.29 is 9.59 Å². The molecule has 20 heavy (non-hydrogen) atoms. The number of urea groups is 1. The largest absolute Gasteiger partial charge is 0.351 e. The van der Waals surface area contributed by atoms with Crippen LogP contribution < -0.4 is 5.73 Å². The van der Waals surface area contributed by atoms with Gasteiger partial charge in [0, 0.05) is 19.6 Å². The quantitative estimate of drug-likeness (QED) is 0.833. The van der Waals surface area contributed by atoms with Crippen LogP contribution in [0.3, 0.4) is 0 Å². The highest BCUT2D eigenvalue weighted by Gasteiger charge is 2.36. The van der Waals surface area contributed by atoms with Gasteiger partial charge in [0.1, 0.15) is 6.04 Å². The third-order valence-corrected chi connectivity index (χ3v) is 4.26. The first-order valence-electron chi connectivity index (χ1n) is 7.08. The van der Waals surface area contributed by atoms with Gasteiger partial charge in [0.15, 0.2) is 0 Å². The number of hydrogen-bond acceptors (Lipinski definition) is 2. The van der Waals surface area contributed by atoms with Crippen molar-refractivity contribution in [1.29, 1.82) is 0 Å². The van der Waals surface area contributed by atoms with Crippen LogP contribution in [-0.4, -0.2) is 40.9 Å². The first-order valence-corrected chi connectivity index (χ1v) is 7.08. The van der Waals surface area contributed by atoms with Crippen molar-refractivity contribution in [3.8, 4) is 0 Å². The Balaban J connectivity index is 1.74. The monoisotopic (exact) mass is 273 g/mol. The fourth-order valence-corrected chi connectivity index (χ4v) is 3.18. The Morgan fingerprint density at radius 3 is 2.65 bits per heavy atom. The number of nitrogens with zero attached hydrogens (tertiary/aromatic N) is 2. The molecular weight excluding hydrogens is 254 g/mol. The van der Waals surface area contributed by atoms with Gasteiger partial charge in [-0.25, -0.2) is 4.79 Å². The Kier molecular flexibility index (Phi) is 3.34. The minimum Gasteiger partial charge on any atom is -0.351 e. The molecule has 0 aliphatic carbocycles. The summed E-state index contributed by atoms with van der Waals surface area (Å²) in [5, 5.41) is 0. The van der Waals surface area contributed by atoms with Crippen LogP contribution in [0.15, 0.2) is 24.3 Å². The molecule has 0 saturated carbocycles. The highest BCUT2D eigenvalue weighted by atomic mass is 16.2. The van der Waals surface area contributed by atoms with Crippen LogP contribution in [0.2, 0.25) is 0 Å². The SMILES string of the molecule is NC(=O)N1CCC[C@H]1C(=O)N1CCc2ccccc2C1. The summed E-state index contributed by atoms with van der Waals surface area (Å²) in [6.45, 7) is 1.95. The van der Waals surface area contributed by atoms with E-state index in [0.717, 1.165) is 25.8 Å². The minimum absolute atomic E-state index is 0.0378. The fraction of sp³-hybridized carbons (Fsp3) is 0.467. The van der Waals surface area contributed by atoms with E-state index in [0.29, 0.717) is 13.1 Å². The fourth-order valence-electron chi connectivity index (χ4n) is 3.18. The summed E-state index contributed by atoms with van der Waals surface area (Å²) in [7, 11) is 0. The Morgan fingerprint density at radius 2 is 1.90 bits per heavy atom. The second kappa shape index (κ2) is 5.15. The Bertz CT molecular complexity index is 544. The summed E-state index contributed by atoms with van der Waals surface area (Å²) in [4.78, 5) is 27.3. The van der Waals surface area contributed by atoms with Gasteiger partial charge in [0.25, 0.3) is 0 Å². The van der Waals surface area contributed by atoms with Gasteiger partial charge in [-0.05, 0) is 30.4 Å². The van der Waals surface area contributed by atoms with Crippen LogP contribution >= 0.6 is 0 Å². The van der Waals surface area contributed by atoms with Crippen LogP contribution in [0.4, 0.5) is 4.79 Å². The molecule has 1 atom stereocenters. The summed E-state index contributed by atoms with van der Waals surface area (Å²) in [6.07, 6.45) is 2.45. The zero-order chi connectivity index (χ0) is 14.1. The summed E-state index contributed by atoms with van der Waals surface area (Å²) in [6, 6.07) is 7.36. The van der Waals surface area contributed by atoms with Gasteiger partial charge in [-0.1, -0.05) is 24.3 Å². The third-order valence-electron chi connectivity index (χ3n) is 4.26. The van der Waals surface area contributed by atoms with Gasteiger partial charge in [0.05, 0.1) is 0 Å². The number of benzene rings is 1. The van der Waals surface area contributed by atoms with E-state index in [1.165, 1.54) is 16.0 Å². The van der Waals surface area contributed by atoms with E-state index < -0.39 is 6.03 Å². The van der Waals surface area contributed by atoms with E-state index in [-0.39, 0.29) is 11.9 Å². The normalized spacial score (nSPS) is 21.7. The predicted octanol–water partition coefficient (Wildman–Crippen LogP) is 1.11. The zero-order valence-electron chi connectivity index (χ0n) is 11.4. The smallest absolute Gasteiger partial charge is 0.315 e. The van der Waals surface area contributed by atoms with Gasteiger partial charge < -0.3 is 15.5 Å². The number of rotatable bonds is 1. The van der Waals surface area contributed by atoms with Crippen molar-refractivity contribution in [3.63, 3.8) is 0 Å². The molecule has 0 bridgehead atoms. The second-order valence-electron chi connectivity index (χ2n) is 5.47. The maximum absolute atomic E-state index is 12.6. The average molecular weight is 273 g/mol. The molecule has 0 unspecified atom stereocenters. The Labute approximate surface area is 118 Å². The van der Waals surface area contributed by atoms with Crippen molar-refractivity contribution in [2.24, 2.45) is 5.73 Å². The van der Waals surface area contributed by atoms with Crippen LogP contribution in [0.5, 0.6) is 0 Å². The van der Waals surface area contributed by atoms with E-state index in [1.54, 1.807) is 0 Å². The molecule has 1 fully saturated rings. The van der Waals surface area contributed by atoms with E-state index in [9.17, 15) is 9.59 Å². The topological polar surface area (TPSA) is 66.6 Å². The molecule has 2 aliphatic heterocycles. The molecule has 1 saturated heterocycles.